The minimum Gasteiger partial charge on any atom is -0.486 e. The van der Waals surface area contributed by atoms with Crippen molar-refractivity contribution < 1.29 is 23.9 Å². The van der Waals surface area contributed by atoms with Gasteiger partial charge < -0.3 is 20.1 Å². The van der Waals surface area contributed by atoms with Gasteiger partial charge in [0.1, 0.15) is 25.8 Å². The molecule has 2 N–H and O–H groups in total. The van der Waals surface area contributed by atoms with Crippen molar-refractivity contribution in [1.29, 1.82) is 0 Å². The van der Waals surface area contributed by atoms with Crippen LogP contribution in [0.15, 0.2) is 18.2 Å². The molecule has 2 heterocycles. The molecular formula is C16H19N3O5. The van der Waals surface area contributed by atoms with Gasteiger partial charge >= 0.3 is 6.03 Å². The van der Waals surface area contributed by atoms with Gasteiger partial charge in [-0.3, -0.25) is 14.5 Å². The van der Waals surface area contributed by atoms with E-state index in [-0.39, 0.29) is 12.5 Å². The second kappa shape index (κ2) is 6.77. The molecule has 1 saturated heterocycles. The highest BCUT2D eigenvalue weighted by molar-refractivity contribution is 6.07. The number of nitrogens with zero attached hydrogens (tertiary/aromatic N) is 1. The Morgan fingerprint density at radius 1 is 1.29 bits per heavy atom. The van der Waals surface area contributed by atoms with E-state index in [1.165, 1.54) is 0 Å². The zero-order chi connectivity index (χ0) is 17.1. The molecule has 1 atom stereocenters. The first-order valence-electron chi connectivity index (χ1n) is 7.90. The Morgan fingerprint density at radius 3 is 2.79 bits per heavy atom. The number of rotatable bonds is 5. The molecule has 3 rings (SSSR count). The molecule has 0 unspecified atom stereocenters. The van der Waals surface area contributed by atoms with E-state index in [9.17, 15) is 14.4 Å². The van der Waals surface area contributed by atoms with Crippen molar-refractivity contribution in [2.24, 2.45) is 0 Å². The summed E-state index contributed by atoms with van der Waals surface area (Å²) in [6.45, 7) is 2.55. The van der Waals surface area contributed by atoms with Crippen LogP contribution < -0.4 is 20.1 Å². The number of carbonyl (C=O) groups is 3. The second-order valence-electron chi connectivity index (χ2n) is 5.62. The molecule has 8 nitrogen and oxygen atoms in total. The summed E-state index contributed by atoms with van der Waals surface area (Å²) < 4.78 is 10.9. The molecule has 4 amide bonds. The predicted molar refractivity (Wildman–Crippen MR) is 85.0 cm³/mol. The van der Waals surface area contributed by atoms with E-state index in [1.54, 1.807) is 18.2 Å². The quantitative estimate of drug-likeness (QED) is 0.787. The molecule has 2 aliphatic heterocycles. The number of nitrogens with one attached hydrogen (secondary N) is 2. The zero-order valence-electron chi connectivity index (χ0n) is 13.3. The summed E-state index contributed by atoms with van der Waals surface area (Å²) in [5.74, 6) is 0.360. The summed E-state index contributed by atoms with van der Waals surface area (Å²) in [5, 5.41) is 5.24. The molecule has 128 valence electrons. The molecule has 1 fully saturated rings. The lowest BCUT2D eigenvalue weighted by Crippen LogP contribution is -2.38. The third kappa shape index (κ3) is 3.27. The van der Waals surface area contributed by atoms with Crippen LogP contribution in [0, 0.1) is 0 Å². The lowest BCUT2D eigenvalue weighted by Gasteiger charge is -2.19. The SMILES string of the molecule is CCC[C@H]1NC(=O)N(CC(=O)Nc2ccc3c(c2)OCCO3)C1=O. The number of imide groups is 1. The molecule has 2 aliphatic rings. The fourth-order valence-electron chi connectivity index (χ4n) is 2.68. The molecule has 0 aromatic heterocycles. The van der Waals surface area contributed by atoms with Crippen molar-refractivity contribution in [1.82, 2.24) is 10.2 Å². The van der Waals surface area contributed by atoms with Crippen molar-refractivity contribution >= 4 is 23.5 Å². The summed E-state index contributed by atoms with van der Waals surface area (Å²) >= 11 is 0. The molecule has 0 saturated carbocycles. The number of hydrogen-bond acceptors (Lipinski definition) is 5. The van der Waals surface area contributed by atoms with Crippen LogP contribution in [0.4, 0.5) is 10.5 Å². The molecular weight excluding hydrogens is 314 g/mol. The maximum Gasteiger partial charge on any atom is 0.325 e. The predicted octanol–water partition coefficient (Wildman–Crippen LogP) is 1.12. The van der Waals surface area contributed by atoms with Crippen LogP contribution in [0.5, 0.6) is 11.5 Å². The van der Waals surface area contributed by atoms with Gasteiger partial charge in [0.25, 0.3) is 5.91 Å². The Hall–Kier alpha value is -2.77. The highest BCUT2D eigenvalue weighted by atomic mass is 16.6. The Balaban J connectivity index is 1.61. The maximum atomic E-state index is 12.1. The van der Waals surface area contributed by atoms with Gasteiger partial charge in [-0.15, -0.1) is 0 Å². The summed E-state index contributed by atoms with van der Waals surface area (Å²) in [4.78, 5) is 37.0. The van der Waals surface area contributed by atoms with Crippen molar-refractivity contribution in [3.8, 4) is 11.5 Å². The Morgan fingerprint density at radius 2 is 2.04 bits per heavy atom. The van der Waals surface area contributed by atoms with Gasteiger partial charge in [-0.05, 0) is 18.6 Å². The smallest absolute Gasteiger partial charge is 0.325 e. The van der Waals surface area contributed by atoms with Crippen LogP contribution in [0.3, 0.4) is 0 Å². The number of fused-ring (bicyclic) bond motifs is 1. The molecule has 1 aromatic carbocycles. The number of benzene rings is 1. The molecule has 0 radical (unpaired) electrons. The summed E-state index contributed by atoms with van der Waals surface area (Å²) in [7, 11) is 0. The second-order valence-corrected chi connectivity index (χ2v) is 5.62. The standard InChI is InChI=1S/C16H19N3O5/c1-2-3-11-15(21)19(16(22)18-11)9-14(20)17-10-4-5-12-13(8-10)24-7-6-23-12/h4-5,8,11H,2-3,6-7,9H2,1H3,(H,17,20)(H,18,22)/t11-/m1/s1. The Bertz CT molecular complexity index is 676. The number of urea groups is 1. The van der Waals surface area contributed by atoms with Crippen LogP contribution in [-0.2, 0) is 9.59 Å². The largest absolute Gasteiger partial charge is 0.486 e. The number of amides is 4. The fraction of sp³-hybridized carbons (Fsp3) is 0.438. The van der Waals surface area contributed by atoms with Gasteiger partial charge in [0.15, 0.2) is 11.5 Å². The van der Waals surface area contributed by atoms with E-state index in [0.29, 0.717) is 36.8 Å². The van der Waals surface area contributed by atoms with E-state index < -0.39 is 18.0 Å². The maximum absolute atomic E-state index is 12.1. The summed E-state index contributed by atoms with van der Waals surface area (Å²) in [5.41, 5.74) is 0.515. The molecule has 24 heavy (non-hydrogen) atoms. The number of hydrogen-bond donors (Lipinski definition) is 2. The van der Waals surface area contributed by atoms with Crippen molar-refractivity contribution in [3.05, 3.63) is 18.2 Å². The lowest BCUT2D eigenvalue weighted by molar-refractivity contribution is -0.130. The van der Waals surface area contributed by atoms with E-state index in [1.807, 2.05) is 6.92 Å². The van der Waals surface area contributed by atoms with E-state index in [2.05, 4.69) is 10.6 Å². The minimum absolute atomic E-state index is 0.320. The van der Waals surface area contributed by atoms with Crippen LogP contribution in [-0.4, -0.2) is 48.5 Å². The van der Waals surface area contributed by atoms with Crippen molar-refractivity contribution in [2.75, 3.05) is 25.1 Å². The van der Waals surface area contributed by atoms with Gasteiger partial charge in [-0.1, -0.05) is 13.3 Å². The number of carbonyl (C=O) groups excluding carboxylic acids is 3. The third-order valence-electron chi connectivity index (χ3n) is 3.81. The monoisotopic (exact) mass is 333 g/mol. The molecule has 0 spiro atoms. The summed E-state index contributed by atoms with van der Waals surface area (Å²) in [6, 6.07) is 3.96. The van der Waals surface area contributed by atoms with Gasteiger partial charge in [-0.25, -0.2) is 4.79 Å². The Kier molecular flexibility index (Phi) is 4.54. The summed E-state index contributed by atoms with van der Waals surface area (Å²) in [6.07, 6.45) is 1.33. The lowest BCUT2D eigenvalue weighted by atomic mass is 10.2. The van der Waals surface area contributed by atoms with Crippen molar-refractivity contribution in [2.45, 2.75) is 25.8 Å². The molecule has 8 heteroatoms. The first-order chi connectivity index (χ1) is 11.6. The van der Waals surface area contributed by atoms with E-state index >= 15 is 0 Å². The minimum atomic E-state index is -0.537. The fourth-order valence-corrected chi connectivity index (χ4v) is 2.68. The number of anilines is 1. The van der Waals surface area contributed by atoms with Gasteiger partial charge in [-0.2, -0.15) is 0 Å². The van der Waals surface area contributed by atoms with E-state index in [0.717, 1.165) is 11.3 Å². The van der Waals surface area contributed by atoms with Crippen LogP contribution in [0.1, 0.15) is 19.8 Å². The molecule has 1 aromatic rings. The normalized spacial score (nSPS) is 19.2. The number of ether oxygens (including phenoxy) is 2. The average molecular weight is 333 g/mol. The van der Waals surface area contributed by atoms with Crippen LogP contribution in [0.2, 0.25) is 0 Å². The van der Waals surface area contributed by atoms with Gasteiger partial charge in [0, 0.05) is 11.8 Å². The Labute approximate surface area is 139 Å². The van der Waals surface area contributed by atoms with E-state index in [4.69, 9.17) is 9.47 Å². The highest BCUT2D eigenvalue weighted by Gasteiger charge is 2.38. The van der Waals surface area contributed by atoms with Gasteiger partial charge in [0.2, 0.25) is 5.91 Å². The van der Waals surface area contributed by atoms with Crippen LogP contribution in [0.25, 0.3) is 0 Å². The van der Waals surface area contributed by atoms with Crippen molar-refractivity contribution in [3.63, 3.8) is 0 Å². The first-order valence-corrected chi connectivity index (χ1v) is 7.90. The first kappa shape index (κ1) is 16.1. The highest BCUT2D eigenvalue weighted by Crippen LogP contribution is 2.32. The average Bonchev–Trinajstić information content (AvgIpc) is 2.83. The van der Waals surface area contributed by atoms with Crippen LogP contribution >= 0.6 is 0 Å². The molecule has 0 aliphatic carbocycles. The topological polar surface area (TPSA) is 97.0 Å². The molecule has 0 bridgehead atoms. The zero-order valence-corrected chi connectivity index (χ0v) is 13.3. The van der Waals surface area contributed by atoms with Gasteiger partial charge in [0.05, 0.1) is 0 Å². The third-order valence-corrected chi connectivity index (χ3v) is 3.81.